The summed E-state index contributed by atoms with van der Waals surface area (Å²) in [5.41, 5.74) is 3.04. The molecule has 0 saturated carbocycles. The van der Waals surface area contributed by atoms with Gasteiger partial charge in [-0.05, 0) is 53.2 Å². The lowest BCUT2D eigenvalue weighted by Crippen LogP contribution is -2.01. The van der Waals surface area contributed by atoms with Crippen molar-refractivity contribution in [2.75, 3.05) is 0 Å². The number of benzene rings is 6. The zero-order chi connectivity index (χ0) is 32.8. The molecule has 0 spiro atoms. The zero-order valence-corrected chi connectivity index (χ0v) is 25.1. The Bertz CT molecular complexity index is 2760. The van der Waals surface area contributed by atoms with Crippen molar-refractivity contribution in [1.29, 1.82) is 0 Å². The van der Waals surface area contributed by atoms with Gasteiger partial charge in [-0.1, -0.05) is 72.8 Å². The van der Waals surface area contributed by atoms with Crippen molar-refractivity contribution in [1.82, 2.24) is 0 Å². The van der Waals surface area contributed by atoms with Crippen LogP contribution in [0.3, 0.4) is 0 Å². The van der Waals surface area contributed by atoms with Crippen LogP contribution in [-0.4, -0.2) is 22.6 Å². The molecule has 8 nitrogen and oxygen atoms in total. The molecule has 0 bridgehead atoms. The SMILES string of the molecule is O=c1oc2cc(O)c(C=Nc3ccccc3-c3ccccc3N=Cc3c(O)ccc4c3oc(=O)c3ccccc34)cc2c2ccccc12. The highest BCUT2D eigenvalue weighted by Crippen LogP contribution is 2.38. The van der Waals surface area contributed by atoms with Crippen molar-refractivity contribution in [2.24, 2.45) is 9.98 Å². The van der Waals surface area contributed by atoms with Crippen LogP contribution in [0.1, 0.15) is 11.1 Å². The average Bonchev–Trinajstić information content (AvgIpc) is 3.11. The molecule has 0 amide bonds. The third kappa shape index (κ3) is 4.89. The lowest BCUT2D eigenvalue weighted by Gasteiger charge is -2.10. The lowest BCUT2D eigenvalue weighted by atomic mass is 10.0. The predicted octanol–water partition coefficient (Wildman–Crippen LogP) is 8.79. The molecule has 8 rings (SSSR count). The molecule has 230 valence electrons. The van der Waals surface area contributed by atoms with Crippen LogP contribution in [0.5, 0.6) is 11.5 Å². The zero-order valence-electron chi connectivity index (χ0n) is 25.1. The second-order valence-electron chi connectivity index (χ2n) is 11.2. The van der Waals surface area contributed by atoms with Crippen molar-refractivity contribution in [3.63, 3.8) is 0 Å². The largest absolute Gasteiger partial charge is 0.507 e. The van der Waals surface area contributed by atoms with Gasteiger partial charge < -0.3 is 19.0 Å². The highest BCUT2D eigenvalue weighted by Gasteiger charge is 2.15. The van der Waals surface area contributed by atoms with E-state index in [0.29, 0.717) is 38.5 Å². The Morgan fingerprint density at radius 2 is 1.04 bits per heavy atom. The number of para-hydroxylation sites is 2. The van der Waals surface area contributed by atoms with Gasteiger partial charge in [0.2, 0.25) is 0 Å². The van der Waals surface area contributed by atoms with Gasteiger partial charge in [-0.3, -0.25) is 9.98 Å². The van der Waals surface area contributed by atoms with Gasteiger partial charge >= 0.3 is 11.3 Å². The third-order valence-electron chi connectivity index (χ3n) is 8.35. The number of phenols is 2. The van der Waals surface area contributed by atoms with E-state index in [4.69, 9.17) is 18.8 Å². The smallest absolute Gasteiger partial charge is 0.344 e. The molecule has 2 heterocycles. The minimum Gasteiger partial charge on any atom is -0.507 e. The molecular formula is C40H24N2O6. The van der Waals surface area contributed by atoms with E-state index < -0.39 is 11.3 Å². The minimum atomic E-state index is -0.499. The molecule has 0 aliphatic rings. The van der Waals surface area contributed by atoms with Gasteiger partial charge in [-0.15, -0.1) is 0 Å². The number of rotatable bonds is 5. The van der Waals surface area contributed by atoms with Gasteiger partial charge in [0.05, 0.1) is 27.7 Å². The summed E-state index contributed by atoms with van der Waals surface area (Å²) in [6, 6.07) is 35.8. The molecule has 0 aliphatic carbocycles. The number of hydrogen-bond donors (Lipinski definition) is 2. The Morgan fingerprint density at radius 1 is 0.500 bits per heavy atom. The van der Waals surface area contributed by atoms with Crippen LogP contribution in [0.4, 0.5) is 11.4 Å². The second kappa shape index (κ2) is 11.5. The van der Waals surface area contributed by atoms with E-state index in [1.165, 1.54) is 12.3 Å². The monoisotopic (exact) mass is 628 g/mol. The molecule has 2 aromatic heterocycles. The first-order valence-corrected chi connectivity index (χ1v) is 15.1. The van der Waals surface area contributed by atoms with E-state index in [1.807, 2.05) is 72.8 Å². The summed E-state index contributed by atoms with van der Waals surface area (Å²) in [7, 11) is 0. The second-order valence-corrected chi connectivity index (χ2v) is 11.2. The Kier molecular flexibility index (Phi) is 6.88. The molecule has 2 N–H and O–H groups in total. The molecule has 0 fully saturated rings. The normalized spacial score (nSPS) is 11.9. The summed E-state index contributed by atoms with van der Waals surface area (Å²) in [6.45, 7) is 0. The van der Waals surface area contributed by atoms with E-state index in [9.17, 15) is 19.8 Å². The molecule has 0 radical (unpaired) electrons. The summed E-state index contributed by atoms with van der Waals surface area (Å²) in [4.78, 5) is 34.7. The summed E-state index contributed by atoms with van der Waals surface area (Å²) in [5, 5.41) is 25.3. The van der Waals surface area contributed by atoms with Crippen molar-refractivity contribution in [3.05, 3.63) is 153 Å². The summed E-state index contributed by atoms with van der Waals surface area (Å²) in [6.07, 6.45) is 3.07. The fourth-order valence-corrected chi connectivity index (χ4v) is 6.02. The molecule has 0 unspecified atom stereocenters. The Hall–Kier alpha value is -6.80. The molecule has 8 aromatic rings. The first kappa shape index (κ1) is 28.7. The van der Waals surface area contributed by atoms with Crippen molar-refractivity contribution < 1.29 is 19.0 Å². The van der Waals surface area contributed by atoms with Crippen molar-refractivity contribution in [2.45, 2.75) is 0 Å². The number of nitrogens with zero attached hydrogens (tertiary/aromatic N) is 2. The maximum absolute atomic E-state index is 12.8. The molecule has 8 heteroatoms. The van der Waals surface area contributed by atoms with Crippen LogP contribution in [0, 0.1) is 0 Å². The molecular weight excluding hydrogens is 604 g/mol. The third-order valence-corrected chi connectivity index (χ3v) is 8.35. The maximum Gasteiger partial charge on any atom is 0.344 e. The Balaban J connectivity index is 1.20. The first-order valence-electron chi connectivity index (χ1n) is 15.1. The topological polar surface area (TPSA) is 126 Å². The quantitative estimate of drug-likeness (QED) is 0.111. The van der Waals surface area contributed by atoms with Gasteiger partial charge in [-0.25, -0.2) is 9.59 Å². The average molecular weight is 629 g/mol. The van der Waals surface area contributed by atoms with Crippen LogP contribution in [0.25, 0.3) is 54.6 Å². The van der Waals surface area contributed by atoms with Crippen LogP contribution in [0.15, 0.2) is 150 Å². The van der Waals surface area contributed by atoms with Crippen molar-refractivity contribution >= 4 is 67.3 Å². The van der Waals surface area contributed by atoms with Crippen LogP contribution < -0.4 is 11.3 Å². The van der Waals surface area contributed by atoms with Crippen LogP contribution in [0.2, 0.25) is 0 Å². The summed E-state index contributed by atoms with van der Waals surface area (Å²) >= 11 is 0. The molecule has 6 aromatic carbocycles. The van der Waals surface area contributed by atoms with Gasteiger partial charge in [0.1, 0.15) is 17.1 Å². The van der Waals surface area contributed by atoms with Crippen LogP contribution >= 0.6 is 0 Å². The number of phenolic OH excluding ortho intramolecular Hbond substituents is 2. The summed E-state index contributed by atoms with van der Waals surface area (Å²) in [5.74, 6) is -0.157. The van der Waals surface area contributed by atoms with E-state index in [2.05, 4.69) is 0 Å². The van der Waals surface area contributed by atoms with E-state index in [0.717, 1.165) is 21.9 Å². The minimum absolute atomic E-state index is 0.0746. The van der Waals surface area contributed by atoms with Gasteiger partial charge in [-0.2, -0.15) is 0 Å². The molecule has 0 aliphatic heterocycles. The van der Waals surface area contributed by atoms with Gasteiger partial charge in [0.15, 0.2) is 5.58 Å². The number of aromatic hydroxyl groups is 2. The Morgan fingerprint density at radius 3 is 1.71 bits per heavy atom. The standard InChI is InChI=1S/C40H24N2O6/c43-35-18-17-28-24-9-1-3-13-29(24)40(46)48-38(28)32(35)22-42-34-16-8-6-12-27(34)26-11-5-7-15-33(26)41-21-23-19-31-25-10-2-4-14-30(25)39(45)47-37(31)20-36(23)44/h1-22,43-44H. The predicted molar refractivity (Wildman–Crippen MR) is 190 cm³/mol. The lowest BCUT2D eigenvalue weighted by molar-refractivity contribution is 0.472. The molecule has 0 atom stereocenters. The number of hydrogen-bond acceptors (Lipinski definition) is 8. The number of aliphatic imine (C=N–C) groups is 2. The van der Waals surface area contributed by atoms with E-state index in [-0.39, 0.29) is 28.2 Å². The highest BCUT2D eigenvalue weighted by atomic mass is 16.4. The van der Waals surface area contributed by atoms with E-state index >= 15 is 0 Å². The fraction of sp³-hybridized carbons (Fsp3) is 0. The first-order chi connectivity index (χ1) is 23.5. The van der Waals surface area contributed by atoms with Gasteiger partial charge in [0, 0.05) is 46.0 Å². The van der Waals surface area contributed by atoms with Crippen molar-refractivity contribution in [3.8, 4) is 22.6 Å². The highest BCUT2D eigenvalue weighted by molar-refractivity contribution is 6.11. The maximum atomic E-state index is 12.8. The molecule has 0 saturated heterocycles. The molecule has 48 heavy (non-hydrogen) atoms. The van der Waals surface area contributed by atoms with Crippen LogP contribution in [-0.2, 0) is 0 Å². The fourth-order valence-electron chi connectivity index (χ4n) is 6.02. The van der Waals surface area contributed by atoms with E-state index in [1.54, 1.807) is 48.7 Å². The van der Waals surface area contributed by atoms with Gasteiger partial charge in [0.25, 0.3) is 0 Å². The summed E-state index contributed by atoms with van der Waals surface area (Å²) < 4.78 is 11.1. The Labute approximate surface area is 271 Å². The number of fused-ring (bicyclic) bond motifs is 6.